The number of rotatable bonds is 4. The second-order valence-corrected chi connectivity index (χ2v) is 8.69. The van der Waals surface area contributed by atoms with Crippen LogP contribution < -0.4 is 0 Å². The maximum absolute atomic E-state index is 12.8. The lowest BCUT2D eigenvalue weighted by Crippen LogP contribution is -2.38. The number of hydrogen-bond donors (Lipinski definition) is 2. The number of allylic oxidation sites excluding steroid dienone is 2. The molecular formula is C17H24O4S. The molecular weight excluding hydrogens is 300 g/mol. The Bertz CT molecular complexity index is 656. The maximum Gasteiger partial charge on any atom is 0.202 e. The Hall–Kier alpha value is -1.17. The zero-order valence-corrected chi connectivity index (χ0v) is 14.1. The summed E-state index contributed by atoms with van der Waals surface area (Å²) in [5, 5.41) is 19.2. The topological polar surface area (TPSA) is 74.6 Å². The molecule has 0 spiro atoms. The van der Waals surface area contributed by atoms with Crippen molar-refractivity contribution in [3.05, 3.63) is 40.8 Å². The Morgan fingerprint density at radius 2 is 1.73 bits per heavy atom. The summed E-state index contributed by atoms with van der Waals surface area (Å²) in [7, 11) is -3.56. The van der Waals surface area contributed by atoms with Crippen LogP contribution in [-0.4, -0.2) is 31.8 Å². The van der Waals surface area contributed by atoms with E-state index in [1.807, 2.05) is 20.8 Å². The summed E-state index contributed by atoms with van der Waals surface area (Å²) in [5.74, 6) is -0.394. The molecule has 0 aromatic heterocycles. The largest absolute Gasteiger partial charge is 0.396 e. The van der Waals surface area contributed by atoms with E-state index in [0.29, 0.717) is 4.91 Å². The zero-order chi connectivity index (χ0) is 16.5. The fraction of sp³-hybridized carbons (Fsp3) is 0.529. The molecule has 2 N–H and O–H groups in total. The number of aryl methyl sites for hydroxylation is 1. The molecule has 1 aromatic rings. The SMILES string of the molecule is Cc1ccc(S(=O)(=O)C2=CC(C)(C)[C@@H](CO)[C@@H](CO)C2)cc1. The molecule has 4 nitrogen and oxygen atoms in total. The lowest BCUT2D eigenvalue weighted by molar-refractivity contribution is 0.0534. The minimum atomic E-state index is -3.56. The predicted molar refractivity (Wildman–Crippen MR) is 86.0 cm³/mol. The Labute approximate surface area is 132 Å². The molecule has 0 aliphatic heterocycles. The molecule has 22 heavy (non-hydrogen) atoms. The van der Waals surface area contributed by atoms with Gasteiger partial charge in [0.05, 0.1) is 4.90 Å². The van der Waals surface area contributed by atoms with Gasteiger partial charge in [-0.25, -0.2) is 8.42 Å². The average Bonchev–Trinajstić information content (AvgIpc) is 2.45. The van der Waals surface area contributed by atoms with Crippen LogP contribution in [-0.2, 0) is 9.84 Å². The van der Waals surface area contributed by atoms with E-state index in [-0.39, 0.29) is 36.4 Å². The summed E-state index contributed by atoms with van der Waals surface area (Å²) < 4.78 is 25.7. The molecule has 2 atom stereocenters. The summed E-state index contributed by atoms with van der Waals surface area (Å²) in [5.41, 5.74) is 0.526. The summed E-state index contributed by atoms with van der Waals surface area (Å²) in [6.07, 6.45) is 2.01. The molecule has 1 aliphatic carbocycles. The highest BCUT2D eigenvalue weighted by Crippen LogP contribution is 2.44. The first-order valence-electron chi connectivity index (χ1n) is 7.47. The van der Waals surface area contributed by atoms with Crippen LogP contribution in [0.5, 0.6) is 0 Å². The Balaban J connectivity index is 2.47. The summed E-state index contributed by atoms with van der Waals surface area (Å²) in [6, 6.07) is 6.79. The minimum Gasteiger partial charge on any atom is -0.396 e. The van der Waals surface area contributed by atoms with Crippen LogP contribution >= 0.6 is 0 Å². The highest BCUT2D eigenvalue weighted by Gasteiger charge is 2.41. The third-order valence-electron chi connectivity index (χ3n) is 4.63. The van der Waals surface area contributed by atoms with E-state index in [1.54, 1.807) is 30.3 Å². The highest BCUT2D eigenvalue weighted by molar-refractivity contribution is 7.95. The van der Waals surface area contributed by atoms with Crippen molar-refractivity contribution >= 4 is 9.84 Å². The Morgan fingerprint density at radius 3 is 2.23 bits per heavy atom. The van der Waals surface area contributed by atoms with Crippen LogP contribution in [0, 0.1) is 24.2 Å². The molecule has 0 fully saturated rings. The number of aliphatic hydroxyl groups excluding tert-OH is 2. The molecule has 0 amide bonds. The van der Waals surface area contributed by atoms with Gasteiger partial charge in [0.25, 0.3) is 0 Å². The van der Waals surface area contributed by atoms with Gasteiger partial charge in [-0.05, 0) is 42.7 Å². The first-order chi connectivity index (χ1) is 10.2. The van der Waals surface area contributed by atoms with Crippen LogP contribution in [0.3, 0.4) is 0 Å². The van der Waals surface area contributed by atoms with Gasteiger partial charge in [-0.15, -0.1) is 0 Å². The molecule has 122 valence electrons. The van der Waals surface area contributed by atoms with E-state index in [4.69, 9.17) is 0 Å². The van der Waals surface area contributed by atoms with Gasteiger partial charge in [0.2, 0.25) is 9.84 Å². The van der Waals surface area contributed by atoms with Gasteiger partial charge >= 0.3 is 0 Å². The fourth-order valence-electron chi connectivity index (χ4n) is 3.22. The van der Waals surface area contributed by atoms with Crippen molar-refractivity contribution in [2.75, 3.05) is 13.2 Å². The van der Waals surface area contributed by atoms with Crippen LogP contribution in [0.4, 0.5) is 0 Å². The van der Waals surface area contributed by atoms with Gasteiger partial charge in [0.15, 0.2) is 0 Å². The average molecular weight is 324 g/mol. The van der Waals surface area contributed by atoms with E-state index >= 15 is 0 Å². The fourth-order valence-corrected chi connectivity index (χ4v) is 4.91. The van der Waals surface area contributed by atoms with Gasteiger partial charge in [0.1, 0.15) is 0 Å². The molecule has 5 heteroatoms. The van der Waals surface area contributed by atoms with Gasteiger partial charge in [0, 0.05) is 18.1 Å². The number of aliphatic hydroxyl groups is 2. The molecule has 0 radical (unpaired) electrons. The third kappa shape index (κ3) is 3.12. The van der Waals surface area contributed by atoms with Crippen molar-refractivity contribution in [3.8, 4) is 0 Å². The number of sulfone groups is 1. The van der Waals surface area contributed by atoms with Crippen LogP contribution in [0.1, 0.15) is 25.8 Å². The number of benzene rings is 1. The molecule has 0 unspecified atom stereocenters. The third-order valence-corrected chi connectivity index (χ3v) is 6.50. The second-order valence-electron chi connectivity index (χ2n) is 6.68. The minimum absolute atomic E-state index is 0.0629. The summed E-state index contributed by atoms with van der Waals surface area (Å²) in [6.45, 7) is 5.52. The van der Waals surface area contributed by atoms with Gasteiger partial charge < -0.3 is 10.2 Å². The molecule has 0 saturated carbocycles. The Morgan fingerprint density at radius 1 is 1.14 bits per heavy atom. The van der Waals surface area contributed by atoms with Crippen molar-refractivity contribution in [2.45, 2.75) is 32.1 Å². The monoisotopic (exact) mass is 324 g/mol. The molecule has 1 aromatic carbocycles. The molecule has 0 heterocycles. The molecule has 0 saturated heterocycles. The molecule has 1 aliphatic rings. The van der Waals surface area contributed by atoms with E-state index in [1.165, 1.54) is 0 Å². The molecule has 2 rings (SSSR count). The normalized spacial score (nSPS) is 24.9. The summed E-state index contributed by atoms with van der Waals surface area (Å²) >= 11 is 0. The van der Waals surface area contributed by atoms with E-state index in [9.17, 15) is 18.6 Å². The zero-order valence-electron chi connectivity index (χ0n) is 13.3. The van der Waals surface area contributed by atoms with Crippen molar-refractivity contribution < 1.29 is 18.6 Å². The Kier molecular flexibility index (Phi) is 4.80. The maximum atomic E-state index is 12.8. The van der Waals surface area contributed by atoms with Gasteiger partial charge in [-0.1, -0.05) is 37.6 Å². The van der Waals surface area contributed by atoms with Crippen molar-refractivity contribution in [2.24, 2.45) is 17.3 Å². The highest BCUT2D eigenvalue weighted by atomic mass is 32.2. The first kappa shape index (κ1) is 17.2. The van der Waals surface area contributed by atoms with Crippen molar-refractivity contribution in [1.29, 1.82) is 0 Å². The molecule has 0 bridgehead atoms. The van der Waals surface area contributed by atoms with E-state index in [2.05, 4.69) is 0 Å². The van der Waals surface area contributed by atoms with Crippen LogP contribution in [0.25, 0.3) is 0 Å². The van der Waals surface area contributed by atoms with Crippen molar-refractivity contribution in [3.63, 3.8) is 0 Å². The van der Waals surface area contributed by atoms with E-state index in [0.717, 1.165) is 5.56 Å². The predicted octanol–water partition coefficient (Wildman–Crippen LogP) is 2.30. The second kappa shape index (κ2) is 6.14. The van der Waals surface area contributed by atoms with Crippen LogP contribution in [0.15, 0.2) is 40.1 Å². The first-order valence-corrected chi connectivity index (χ1v) is 8.96. The number of hydrogen-bond acceptors (Lipinski definition) is 4. The quantitative estimate of drug-likeness (QED) is 0.891. The smallest absolute Gasteiger partial charge is 0.202 e. The van der Waals surface area contributed by atoms with E-state index < -0.39 is 15.3 Å². The van der Waals surface area contributed by atoms with Crippen LogP contribution in [0.2, 0.25) is 0 Å². The van der Waals surface area contributed by atoms with Crippen molar-refractivity contribution in [1.82, 2.24) is 0 Å². The standard InChI is InChI=1S/C17H24O4S/c1-12-4-6-14(7-5-12)22(20,21)15-8-13(10-18)16(11-19)17(2,3)9-15/h4-7,9,13,16,18-19H,8,10-11H2,1-3H3/t13-,16+/m1/s1. The summed E-state index contributed by atoms with van der Waals surface area (Å²) in [4.78, 5) is 0.615. The van der Waals surface area contributed by atoms with Gasteiger partial charge in [-0.3, -0.25) is 0 Å². The lowest BCUT2D eigenvalue weighted by Gasteiger charge is -2.40. The van der Waals surface area contributed by atoms with Gasteiger partial charge in [-0.2, -0.15) is 0 Å². The lowest BCUT2D eigenvalue weighted by atomic mass is 9.68.